The van der Waals surface area contributed by atoms with Crippen LogP contribution in [0.1, 0.15) is 33.6 Å². The summed E-state index contributed by atoms with van der Waals surface area (Å²) in [5, 5.41) is 12.0. The molecule has 8 heteroatoms. The average Bonchev–Trinajstić information content (AvgIpc) is 2.36. The van der Waals surface area contributed by atoms with Gasteiger partial charge in [0.05, 0.1) is 18.9 Å². The van der Waals surface area contributed by atoms with Gasteiger partial charge in [-0.3, -0.25) is 9.69 Å². The van der Waals surface area contributed by atoms with Gasteiger partial charge in [0.2, 0.25) is 15.9 Å². The van der Waals surface area contributed by atoms with Crippen molar-refractivity contribution >= 4 is 15.9 Å². The summed E-state index contributed by atoms with van der Waals surface area (Å²) in [6.45, 7) is 6.91. The normalized spacial score (nSPS) is 22.8. The zero-order chi connectivity index (χ0) is 17.0. The first-order valence-corrected chi connectivity index (χ1v) is 9.37. The van der Waals surface area contributed by atoms with Crippen molar-refractivity contribution in [2.24, 2.45) is 5.92 Å². The van der Waals surface area contributed by atoms with E-state index in [1.165, 1.54) is 0 Å². The van der Waals surface area contributed by atoms with Gasteiger partial charge >= 0.3 is 0 Å². The average molecular weight is 330 g/mol. The van der Waals surface area contributed by atoms with Crippen LogP contribution >= 0.6 is 0 Å². The Morgan fingerprint density at radius 2 is 2.14 bits per heavy atom. The molecule has 1 rings (SSSR count). The van der Waals surface area contributed by atoms with E-state index in [2.05, 4.69) is 16.1 Å². The van der Waals surface area contributed by atoms with Gasteiger partial charge in [-0.2, -0.15) is 5.26 Å². The van der Waals surface area contributed by atoms with Crippen LogP contribution in [0, 0.1) is 17.2 Å². The molecule has 0 radical (unpaired) electrons. The molecule has 7 nitrogen and oxygen atoms in total. The fraction of sp³-hybridized carbons (Fsp3) is 0.857. The maximum atomic E-state index is 12.1. The predicted molar refractivity (Wildman–Crippen MR) is 84.4 cm³/mol. The molecule has 1 aliphatic heterocycles. The Kier molecular flexibility index (Phi) is 6.35. The SMILES string of the molecule is CC(C)[C@](C)(C#N)NC(=O)CN1CCC[C@@H](NS(C)(=O)=O)C1. The first-order valence-electron chi connectivity index (χ1n) is 7.47. The van der Waals surface area contributed by atoms with Crippen molar-refractivity contribution < 1.29 is 13.2 Å². The summed E-state index contributed by atoms with van der Waals surface area (Å²) in [6.07, 6.45) is 2.74. The molecule has 0 aromatic heterocycles. The summed E-state index contributed by atoms with van der Waals surface area (Å²) >= 11 is 0. The molecule has 22 heavy (non-hydrogen) atoms. The van der Waals surface area contributed by atoms with Crippen LogP contribution in [-0.4, -0.2) is 56.7 Å². The third-order valence-corrected chi connectivity index (χ3v) is 4.80. The fourth-order valence-corrected chi connectivity index (χ4v) is 3.23. The lowest BCUT2D eigenvalue weighted by Crippen LogP contribution is -2.54. The molecule has 2 N–H and O–H groups in total. The summed E-state index contributed by atoms with van der Waals surface area (Å²) in [6, 6.07) is 1.98. The third-order valence-electron chi connectivity index (χ3n) is 4.04. The van der Waals surface area contributed by atoms with E-state index in [-0.39, 0.29) is 24.4 Å². The van der Waals surface area contributed by atoms with Gasteiger partial charge < -0.3 is 5.32 Å². The number of likely N-dealkylation sites (tertiary alicyclic amines) is 1. The van der Waals surface area contributed by atoms with Gasteiger partial charge in [-0.1, -0.05) is 13.8 Å². The lowest BCUT2D eigenvalue weighted by Gasteiger charge is -2.33. The molecular formula is C14H26N4O3S. The minimum absolute atomic E-state index is 0.00227. The van der Waals surface area contributed by atoms with Crippen molar-refractivity contribution in [3.63, 3.8) is 0 Å². The summed E-state index contributed by atoms with van der Waals surface area (Å²) < 4.78 is 25.2. The van der Waals surface area contributed by atoms with E-state index in [1.807, 2.05) is 18.7 Å². The molecule has 126 valence electrons. The molecule has 0 unspecified atom stereocenters. The molecule has 0 saturated carbocycles. The number of carbonyl (C=O) groups excluding carboxylic acids is 1. The van der Waals surface area contributed by atoms with Crippen LogP contribution in [0.4, 0.5) is 0 Å². The van der Waals surface area contributed by atoms with Crippen LogP contribution in [0.15, 0.2) is 0 Å². The van der Waals surface area contributed by atoms with Crippen LogP contribution in [0.2, 0.25) is 0 Å². The summed E-state index contributed by atoms with van der Waals surface area (Å²) in [7, 11) is -3.24. The Morgan fingerprint density at radius 1 is 1.50 bits per heavy atom. The Bertz CT molecular complexity index is 541. The van der Waals surface area contributed by atoms with Crippen molar-refractivity contribution in [1.82, 2.24) is 14.9 Å². The summed E-state index contributed by atoms with van der Waals surface area (Å²) in [5.74, 6) is -0.208. The molecule has 0 bridgehead atoms. The Balaban J connectivity index is 2.56. The number of piperidine rings is 1. The standard InChI is InChI=1S/C14H26N4O3S/c1-11(2)14(3,10-15)16-13(19)9-18-7-5-6-12(8-18)17-22(4,20)21/h11-12,17H,5-9H2,1-4H3,(H,16,19)/t12-,14+/m1/s1. The molecule has 1 heterocycles. The highest BCUT2D eigenvalue weighted by molar-refractivity contribution is 7.88. The van der Waals surface area contributed by atoms with Gasteiger partial charge in [-0.25, -0.2) is 13.1 Å². The van der Waals surface area contributed by atoms with E-state index < -0.39 is 15.6 Å². The van der Waals surface area contributed by atoms with Crippen LogP contribution in [-0.2, 0) is 14.8 Å². The summed E-state index contributed by atoms with van der Waals surface area (Å²) in [4.78, 5) is 14.1. The van der Waals surface area contributed by atoms with Crippen LogP contribution in [0.5, 0.6) is 0 Å². The first-order chi connectivity index (χ1) is 10.1. The van der Waals surface area contributed by atoms with Crippen molar-refractivity contribution in [2.75, 3.05) is 25.9 Å². The van der Waals surface area contributed by atoms with Crippen LogP contribution in [0.3, 0.4) is 0 Å². The zero-order valence-corrected chi connectivity index (χ0v) is 14.5. The maximum absolute atomic E-state index is 12.1. The smallest absolute Gasteiger partial charge is 0.235 e. The van der Waals surface area contributed by atoms with Gasteiger partial charge in [0, 0.05) is 12.6 Å². The number of rotatable bonds is 6. The Labute approximate surface area is 133 Å². The number of carbonyl (C=O) groups is 1. The van der Waals surface area contributed by atoms with Crippen molar-refractivity contribution in [3.8, 4) is 6.07 Å². The van der Waals surface area contributed by atoms with Crippen molar-refractivity contribution in [2.45, 2.75) is 45.2 Å². The van der Waals surface area contributed by atoms with E-state index >= 15 is 0 Å². The number of hydrogen-bond donors (Lipinski definition) is 2. The maximum Gasteiger partial charge on any atom is 0.235 e. The van der Waals surface area contributed by atoms with Gasteiger partial charge in [0.15, 0.2) is 0 Å². The Morgan fingerprint density at radius 3 is 2.64 bits per heavy atom. The molecule has 1 amide bonds. The molecule has 0 aromatic carbocycles. The molecule has 0 spiro atoms. The monoisotopic (exact) mass is 330 g/mol. The lowest BCUT2D eigenvalue weighted by molar-refractivity contribution is -0.124. The van der Waals surface area contributed by atoms with Gasteiger partial charge in [0.1, 0.15) is 5.54 Å². The number of nitrogens with zero attached hydrogens (tertiary/aromatic N) is 2. The second-order valence-corrected chi connectivity index (χ2v) is 8.26. The highest BCUT2D eigenvalue weighted by Crippen LogP contribution is 2.15. The quantitative estimate of drug-likeness (QED) is 0.717. The molecule has 1 aliphatic rings. The number of nitrogens with one attached hydrogen (secondary N) is 2. The lowest BCUT2D eigenvalue weighted by atomic mass is 9.90. The van der Waals surface area contributed by atoms with E-state index in [1.54, 1.807) is 6.92 Å². The highest BCUT2D eigenvalue weighted by Gasteiger charge is 2.31. The zero-order valence-electron chi connectivity index (χ0n) is 13.7. The molecule has 0 aliphatic carbocycles. The minimum atomic E-state index is -3.24. The number of sulfonamides is 1. The van der Waals surface area contributed by atoms with Crippen LogP contribution < -0.4 is 10.0 Å². The van der Waals surface area contributed by atoms with Crippen LogP contribution in [0.25, 0.3) is 0 Å². The summed E-state index contributed by atoms with van der Waals surface area (Å²) in [5.41, 5.74) is -0.892. The van der Waals surface area contributed by atoms with Gasteiger partial charge in [-0.05, 0) is 32.2 Å². The van der Waals surface area contributed by atoms with E-state index in [4.69, 9.17) is 0 Å². The third kappa shape index (κ3) is 5.91. The minimum Gasteiger partial charge on any atom is -0.337 e. The van der Waals surface area contributed by atoms with Crippen molar-refractivity contribution in [3.05, 3.63) is 0 Å². The predicted octanol–water partition coefficient (Wildman–Crippen LogP) is 0.0545. The second kappa shape index (κ2) is 7.40. The topological polar surface area (TPSA) is 102 Å². The van der Waals surface area contributed by atoms with Gasteiger partial charge in [-0.15, -0.1) is 0 Å². The first kappa shape index (κ1) is 18.9. The molecule has 1 saturated heterocycles. The molecule has 1 fully saturated rings. The number of amides is 1. The second-order valence-electron chi connectivity index (χ2n) is 6.48. The number of nitriles is 1. The van der Waals surface area contributed by atoms with Crippen molar-refractivity contribution in [1.29, 1.82) is 5.26 Å². The highest BCUT2D eigenvalue weighted by atomic mass is 32.2. The number of hydrogen-bond acceptors (Lipinski definition) is 5. The largest absolute Gasteiger partial charge is 0.337 e. The molecule has 2 atom stereocenters. The van der Waals surface area contributed by atoms with E-state index in [9.17, 15) is 18.5 Å². The van der Waals surface area contributed by atoms with E-state index in [0.29, 0.717) is 6.54 Å². The molecule has 0 aromatic rings. The van der Waals surface area contributed by atoms with E-state index in [0.717, 1.165) is 25.6 Å². The Hall–Kier alpha value is -1.17. The fourth-order valence-electron chi connectivity index (χ4n) is 2.43. The van der Waals surface area contributed by atoms with Gasteiger partial charge in [0.25, 0.3) is 0 Å². The molecular weight excluding hydrogens is 304 g/mol.